The predicted molar refractivity (Wildman–Crippen MR) is 104 cm³/mol. The van der Waals surface area contributed by atoms with Crippen LogP contribution in [-0.4, -0.2) is 24.2 Å². The number of carbonyl (C=O) groups is 1. The minimum Gasteiger partial charge on any atom is -0.395 e. The van der Waals surface area contributed by atoms with Gasteiger partial charge in [-0.3, -0.25) is 4.79 Å². The lowest BCUT2D eigenvalue weighted by Gasteiger charge is -2.11. The van der Waals surface area contributed by atoms with Gasteiger partial charge in [-0.2, -0.15) is 0 Å². The predicted octanol–water partition coefficient (Wildman–Crippen LogP) is 5.38. The van der Waals surface area contributed by atoms with Crippen LogP contribution in [0.4, 0.5) is 0 Å². The number of unbranched alkanes of at least 4 members (excludes halogenated alkanes) is 10. The van der Waals surface area contributed by atoms with Crippen molar-refractivity contribution in [3.63, 3.8) is 0 Å². The molecule has 0 saturated heterocycles. The third kappa shape index (κ3) is 16.0. The molecular weight excluding hydrogens is 298 g/mol. The Bertz CT molecular complexity index is 302. The van der Waals surface area contributed by atoms with Crippen LogP contribution in [0.15, 0.2) is 12.2 Å². The highest BCUT2D eigenvalue weighted by atomic mass is 16.3. The number of hydrogen-bond donors (Lipinski definition) is 2. The first-order chi connectivity index (χ1) is 11.7. The van der Waals surface area contributed by atoms with E-state index in [2.05, 4.69) is 24.4 Å². The molecule has 142 valence electrons. The highest BCUT2D eigenvalue weighted by molar-refractivity contribution is 5.78. The van der Waals surface area contributed by atoms with E-state index in [0.717, 1.165) is 12.8 Å². The van der Waals surface area contributed by atoms with Crippen LogP contribution in [0.3, 0.4) is 0 Å². The molecular formula is C21H41NO2. The van der Waals surface area contributed by atoms with Gasteiger partial charge in [-0.15, -0.1) is 0 Å². The summed E-state index contributed by atoms with van der Waals surface area (Å²) in [5, 5.41) is 11.4. The van der Waals surface area contributed by atoms with Crippen molar-refractivity contribution in [1.29, 1.82) is 0 Å². The fourth-order valence-electron chi connectivity index (χ4n) is 2.83. The van der Waals surface area contributed by atoms with E-state index in [0.29, 0.717) is 6.54 Å². The summed E-state index contributed by atoms with van der Waals surface area (Å²) in [6.07, 6.45) is 21.2. The van der Waals surface area contributed by atoms with Crippen molar-refractivity contribution >= 4 is 5.91 Å². The lowest BCUT2D eigenvalue weighted by Crippen LogP contribution is -2.31. The molecule has 1 amide bonds. The van der Waals surface area contributed by atoms with Crippen LogP contribution in [0.25, 0.3) is 0 Å². The van der Waals surface area contributed by atoms with E-state index in [1.807, 2.05) is 6.92 Å². The van der Waals surface area contributed by atoms with Crippen LogP contribution >= 0.6 is 0 Å². The first kappa shape index (κ1) is 23.2. The van der Waals surface area contributed by atoms with Crippen LogP contribution < -0.4 is 5.32 Å². The molecule has 0 bridgehead atoms. The summed E-state index contributed by atoms with van der Waals surface area (Å²) < 4.78 is 0. The largest absolute Gasteiger partial charge is 0.395 e. The van der Waals surface area contributed by atoms with Crippen LogP contribution in [0, 0.1) is 5.92 Å². The van der Waals surface area contributed by atoms with Gasteiger partial charge in [-0.1, -0.05) is 77.4 Å². The molecule has 0 aliphatic carbocycles. The Morgan fingerprint density at radius 2 is 1.46 bits per heavy atom. The van der Waals surface area contributed by atoms with E-state index in [9.17, 15) is 4.79 Å². The van der Waals surface area contributed by atoms with Gasteiger partial charge < -0.3 is 10.4 Å². The number of hydrogen-bond acceptors (Lipinski definition) is 2. The SMILES string of the molecule is CCCCCCCC/C=C\CCCCCC[C@@H](C)C(=O)NCCO. The van der Waals surface area contributed by atoms with Crippen molar-refractivity contribution < 1.29 is 9.90 Å². The van der Waals surface area contributed by atoms with Crippen LogP contribution in [0.2, 0.25) is 0 Å². The number of nitrogens with one attached hydrogen (secondary N) is 1. The van der Waals surface area contributed by atoms with Gasteiger partial charge in [0.25, 0.3) is 0 Å². The summed E-state index contributed by atoms with van der Waals surface area (Å²) >= 11 is 0. The summed E-state index contributed by atoms with van der Waals surface area (Å²) in [7, 11) is 0. The number of amides is 1. The van der Waals surface area contributed by atoms with Crippen molar-refractivity contribution in [3.05, 3.63) is 12.2 Å². The van der Waals surface area contributed by atoms with Gasteiger partial charge in [-0.05, 0) is 32.1 Å². The highest BCUT2D eigenvalue weighted by Gasteiger charge is 2.10. The van der Waals surface area contributed by atoms with Gasteiger partial charge in [0.15, 0.2) is 0 Å². The van der Waals surface area contributed by atoms with Gasteiger partial charge in [0.05, 0.1) is 6.61 Å². The Morgan fingerprint density at radius 1 is 0.917 bits per heavy atom. The molecule has 0 aliphatic rings. The van der Waals surface area contributed by atoms with E-state index in [1.54, 1.807) is 0 Å². The van der Waals surface area contributed by atoms with Crippen molar-refractivity contribution in [1.82, 2.24) is 5.32 Å². The monoisotopic (exact) mass is 339 g/mol. The number of rotatable bonds is 17. The van der Waals surface area contributed by atoms with Gasteiger partial charge in [-0.25, -0.2) is 0 Å². The Morgan fingerprint density at radius 3 is 2.04 bits per heavy atom. The third-order valence-corrected chi connectivity index (χ3v) is 4.51. The smallest absolute Gasteiger partial charge is 0.222 e. The fourth-order valence-corrected chi connectivity index (χ4v) is 2.83. The molecule has 0 spiro atoms. The summed E-state index contributed by atoms with van der Waals surface area (Å²) in [5.74, 6) is 0.135. The maximum Gasteiger partial charge on any atom is 0.222 e. The molecule has 0 aromatic rings. The normalized spacial score (nSPS) is 12.6. The minimum absolute atomic E-state index is 0.0187. The molecule has 0 rings (SSSR count). The lowest BCUT2D eigenvalue weighted by molar-refractivity contribution is -0.124. The van der Waals surface area contributed by atoms with Crippen LogP contribution in [-0.2, 0) is 4.79 Å². The van der Waals surface area contributed by atoms with Crippen molar-refractivity contribution in [2.75, 3.05) is 13.2 Å². The van der Waals surface area contributed by atoms with E-state index >= 15 is 0 Å². The van der Waals surface area contributed by atoms with E-state index in [4.69, 9.17) is 5.11 Å². The first-order valence-electron chi connectivity index (χ1n) is 10.3. The van der Waals surface area contributed by atoms with Gasteiger partial charge in [0.1, 0.15) is 0 Å². The summed E-state index contributed by atoms with van der Waals surface area (Å²) in [5.41, 5.74) is 0. The molecule has 0 saturated carbocycles. The summed E-state index contributed by atoms with van der Waals surface area (Å²) in [6.45, 7) is 4.62. The third-order valence-electron chi connectivity index (χ3n) is 4.51. The van der Waals surface area contributed by atoms with Gasteiger partial charge in [0, 0.05) is 12.5 Å². The topological polar surface area (TPSA) is 49.3 Å². The lowest BCUT2D eigenvalue weighted by atomic mass is 10.0. The molecule has 1 atom stereocenters. The molecule has 0 aliphatic heterocycles. The van der Waals surface area contributed by atoms with E-state index in [1.165, 1.54) is 70.6 Å². The minimum atomic E-state index is 0.0187. The van der Waals surface area contributed by atoms with E-state index in [-0.39, 0.29) is 18.4 Å². The number of allylic oxidation sites excluding steroid dienone is 2. The Kier molecular flexibility index (Phi) is 17.9. The quantitative estimate of drug-likeness (QED) is 0.276. The molecule has 3 nitrogen and oxygen atoms in total. The zero-order valence-corrected chi connectivity index (χ0v) is 16.2. The second-order valence-electron chi connectivity index (χ2n) is 6.94. The summed E-state index contributed by atoms with van der Waals surface area (Å²) in [4.78, 5) is 11.6. The Labute approximate surface area is 150 Å². The number of aliphatic hydroxyl groups excluding tert-OH is 1. The molecule has 0 aromatic carbocycles. The molecule has 0 fully saturated rings. The molecule has 3 heteroatoms. The van der Waals surface area contributed by atoms with Gasteiger partial charge in [0.2, 0.25) is 5.91 Å². The average molecular weight is 340 g/mol. The fraction of sp³-hybridized carbons (Fsp3) is 0.857. The molecule has 0 radical (unpaired) electrons. The zero-order chi connectivity index (χ0) is 17.9. The van der Waals surface area contributed by atoms with Crippen molar-refractivity contribution in [2.45, 2.75) is 97.3 Å². The molecule has 2 N–H and O–H groups in total. The summed E-state index contributed by atoms with van der Waals surface area (Å²) in [6, 6.07) is 0. The van der Waals surface area contributed by atoms with Crippen molar-refractivity contribution in [2.24, 2.45) is 5.92 Å². The van der Waals surface area contributed by atoms with Crippen LogP contribution in [0.1, 0.15) is 97.3 Å². The number of carbonyl (C=O) groups excluding carboxylic acids is 1. The molecule has 24 heavy (non-hydrogen) atoms. The average Bonchev–Trinajstić information content (AvgIpc) is 2.59. The standard InChI is InChI=1S/C21H41NO2/c1-3-4-5-6-7-8-9-10-11-12-13-14-15-16-17-20(2)21(24)22-18-19-23/h10-11,20,23H,3-9,12-19H2,1-2H3,(H,22,24)/b11-10-/t20-/m1/s1. The van der Waals surface area contributed by atoms with Gasteiger partial charge >= 0.3 is 0 Å². The number of aliphatic hydroxyl groups is 1. The second kappa shape index (κ2) is 18.5. The zero-order valence-electron chi connectivity index (χ0n) is 16.2. The van der Waals surface area contributed by atoms with Crippen molar-refractivity contribution in [3.8, 4) is 0 Å². The highest BCUT2D eigenvalue weighted by Crippen LogP contribution is 2.12. The van der Waals surface area contributed by atoms with Crippen LogP contribution in [0.5, 0.6) is 0 Å². The molecule has 0 aromatic heterocycles. The maximum atomic E-state index is 11.6. The molecule has 0 unspecified atom stereocenters. The maximum absolute atomic E-state index is 11.6. The Balaban J connectivity index is 3.29. The Hall–Kier alpha value is -0.830. The second-order valence-corrected chi connectivity index (χ2v) is 6.94. The first-order valence-corrected chi connectivity index (χ1v) is 10.3. The van der Waals surface area contributed by atoms with E-state index < -0.39 is 0 Å². The molecule has 0 heterocycles.